The smallest absolute Gasteiger partial charge is 0.340 e. The number of hydrogen-bond acceptors (Lipinski definition) is 5. The number of esters is 1. The normalized spacial score (nSPS) is 10.7. The number of aryl methyl sites for hydroxylation is 1. The Labute approximate surface area is 162 Å². The fourth-order valence-electron chi connectivity index (χ4n) is 2.90. The Morgan fingerprint density at radius 1 is 1.14 bits per heavy atom. The maximum absolute atomic E-state index is 12.7. The number of amides is 1. The molecule has 0 saturated heterocycles. The van der Waals surface area contributed by atoms with Gasteiger partial charge in [0.05, 0.1) is 12.2 Å². The molecule has 0 aliphatic heterocycles. The van der Waals surface area contributed by atoms with Crippen LogP contribution in [0.15, 0.2) is 36.7 Å². The highest BCUT2D eigenvalue weighted by Gasteiger charge is 2.23. The van der Waals surface area contributed by atoms with Crippen LogP contribution < -0.4 is 5.32 Å². The number of rotatable bonds is 7. The molecule has 0 bridgehead atoms. The number of carbonyl (C=O) groups excluding carboxylic acids is 2. The number of carbonyl (C=O) groups is 2. The summed E-state index contributed by atoms with van der Waals surface area (Å²) < 4.78 is 10.0. The van der Waals surface area contributed by atoms with Crippen LogP contribution in [0.2, 0.25) is 0 Å². The first-order valence-corrected chi connectivity index (χ1v) is 8.77. The van der Waals surface area contributed by atoms with Gasteiger partial charge >= 0.3 is 5.97 Å². The molecular weight excluding hydrogens is 360 g/mol. The van der Waals surface area contributed by atoms with Crippen molar-refractivity contribution in [2.24, 2.45) is 0 Å². The van der Waals surface area contributed by atoms with Crippen molar-refractivity contribution in [3.63, 3.8) is 0 Å². The van der Waals surface area contributed by atoms with Gasteiger partial charge in [-0.2, -0.15) is 0 Å². The lowest BCUT2D eigenvalue weighted by Crippen LogP contribution is -2.14. The molecule has 8 heteroatoms. The van der Waals surface area contributed by atoms with Gasteiger partial charge in [0.15, 0.2) is 0 Å². The van der Waals surface area contributed by atoms with Gasteiger partial charge in [0.2, 0.25) is 0 Å². The lowest BCUT2D eigenvalue weighted by Gasteiger charge is -2.07. The Balaban J connectivity index is 1.72. The van der Waals surface area contributed by atoms with Gasteiger partial charge in [-0.05, 0) is 43.7 Å². The van der Waals surface area contributed by atoms with Gasteiger partial charge in [-0.1, -0.05) is 0 Å². The third-order valence-electron chi connectivity index (χ3n) is 4.30. The molecule has 0 radical (unpaired) electrons. The zero-order chi connectivity index (χ0) is 20.1. The molecule has 0 aliphatic rings. The number of anilines is 1. The Kier molecular flexibility index (Phi) is 5.90. The fraction of sp³-hybridized carbons (Fsp3) is 0.250. The van der Waals surface area contributed by atoms with Crippen LogP contribution in [0.5, 0.6) is 0 Å². The van der Waals surface area contributed by atoms with Crippen molar-refractivity contribution < 1.29 is 19.1 Å². The van der Waals surface area contributed by atoms with Crippen LogP contribution in [0, 0.1) is 13.8 Å². The third kappa shape index (κ3) is 4.12. The topological polar surface area (TPSA) is 109 Å². The van der Waals surface area contributed by atoms with Gasteiger partial charge in [-0.25, -0.2) is 9.78 Å². The molecule has 8 nitrogen and oxygen atoms in total. The van der Waals surface area contributed by atoms with E-state index in [4.69, 9.17) is 9.47 Å². The van der Waals surface area contributed by atoms with E-state index in [1.165, 1.54) is 7.11 Å². The van der Waals surface area contributed by atoms with Crippen molar-refractivity contribution >= 4 is 17.6 Å². The van der Waals surface area contributed by atoms with Gasteiger partial charge < -0.3 is 24.8 Å². The van der Waals surface area contributed by atoms with Crippen molar-refractivity contribution in [2.75, 3.05) is 25.6 Å². The van der Waals surface area contributed by atoms with E-state index in [1.807, 2.05) is 12.1 Å². The van der Waals surface area contributed by atoms with E-state index in [9.17, 15) is 9.59 Å². The number of nitrogens with zero attached hydrogens (tertiary/aromatic N) is 1. The maximum atomic E-state index is 12.7. The summed E-state index contributed by atoms with van der Waals surface area (Å²) in [5.74, 6) is -0.0576. The summed E-state index contributed by atoms with van der Waals surface area (Å²) in [5.41, 5.74) is 3.37. The van der Waals surface area contributed by atoms with Gasteiger partial charge in [0, 0.05) is 36.4 Å². The Bertz CT molecular complexity index is 959. The number of nitrogens with one attached hydrogen (secondary N) is 3. The highest BCUT2D eigenvalue weighted by atomic mass is 16.6. The standard InChI is InChI=1S/C20H22N4O4/c1-12-16(20(26)28-11-10-27-3)13(2)23-17(12)19(25)24-15-6-4-14(5-7-15)18-21-8-9-22-18/h4-9,23H,10-11H2,1-3H3,(H,21,22)(H,24,25). The molecule has 3 rings (SSSR count). The van der Waals surface area contributed by atoms with Crippen LogP contribution in [-0.2, 0) is 9.47 Å². The second-order valence-electron chi connectivity index (χ2n) is 6.22. The molecule has 0 aliphatic carbocycles. The molecule has 146 valence electrons. The lowest BCUT2D eigenvalue weighted by atomic mass is 10.1. The second-order valence-corrected chi connectivity index (χ2v) is 6.22. The Hall–Kier alpha value is -3.39. The molecule has 28 heavy (non-hydrogen) atoms. The maximum Gasteiger partial charge on any atom is 0.340 e. The van der Waals surface area contributed by atoms with Crippen LogP contribution in [0.3, 0.4) is 0 Å². The molecule has 3 N–H and O–H groups in total. The quantitative estimate of drug-likeness (QED) is 0.430. The number of benzene rings is 1. The van der Waals surface area contributed by atoms with Gasteiger partial charge in [0.25, 0.3) is 5.91 Å². The number of imidazole rings is 1. The van der Waals surface area contributed by atoms with Gasteiger partial charge in [-0.15, -0.1) is 0 Å². The van der Waals surface area contributed by atoms with E-state index in [-0.39, 0.29) is 12.5 Å². The minimum Gasteiger partial charge on any atom is -0.460 e. The number of aromatic amines is 2. The molecule has 2 aromatic heterocycles. The number of aromatic nitrogens is 3. The summed E-state index contributed by atoms with van der Waals surface area (Å²) in [7, 11) is 1.53. The minimum atomic E-state index is -0.481. The summed E-state index contributed by atoms with van der Waals surface area (Å²) in [6, 6.07) is 7.31. The predicted octanol–water partition coefficient (Wildman–Crippen LogP) is 3.08. The summed E-state index contributed by atoms with van der Waals surface area (Å²) in [6.07, 6.45) is 3.43. The molecule has 0 unspecified atom stereocenters. The molecule has 0 spiro atoms. The molecule has 0 saturated carbocycles. The largest absolute Gasteiger partial charge is 0.460 e. The van der Waals surface area contributed by atoms with Crippen LogP contribution in [-0.4, -0.2) is 47.2 Å². The first-order chi connectivity index (χ1) is 13.5. The highest BCUT2D eigenvalue weighted by Crippen LogP contribution is 2.22. The van der Waals surface area contributed by atoms with Crippen LogP contribution in [0.25, 0.3) is 11.4 Å². The summed E-state index contributed by atoms with van der Waals surface area (Å²) in [4.78, 5) is 35.1. The minimum absolute atomic E-state index is 0.156. The summed E-state index contributed by atoms with van der Waals surface area (Å²) >= 11 is 0. The number of methoxy groups -OCH3 is 1. The van der Waals surface area contributed by atoms with Crippen molar-refractivity contribution in [2.45, 2.75) is 13.8 Å². The number of H-pyrrole nitrogens is 2. The van der Waals surface area contributed by atoms with E-state index in [1.54, 1.807) is 38.4 Å². The molecule has 1 amide bonds. The van der Waals surface area contributed by atoms with E-state index in [0.717, 1.165) is 11.4 Å². The van der Waals surface area contributed by atoms with E-state index < -0.39 is 5.97 Å². The molecular formula is C20H22N4O4. The number of hydrogen-bond donors (Lipinski definition) is 3. The zero-order valence-electron chi connectivity index (χ0n) is 16.0. The van der Waals surface area contributed by atoms with Crippen molar-refractivity contribution in [3.05, 3.63) is 59.2 Å². The second kappa shape index (κ2) is 8.53. The van der Waals surface area contributed by atoms with Crippen molar-refractivity contribution in [3.8, 4) is 11.4 Å². The molecule has 2 heterocycles. The Morgan fingerprint density at radius 2 is 1.89 bits per heavy atom. The Morgan fingerprint density at radius 3 is 2.54 bits per heavy atom. The average molecular weight is 382 g/mol. The number of ether oxygens (including phenoxy) is 2. The molecule has 0 fully saturated rings. The zero-order valence-corrected chi connectivity index (χ0v) is 16.0. The lowest BCUT2D eigenvalue weighted by molar-refractivity contribution is 0.0387. The van der Waals surface area contributed by atoms with Gasteiger partial charge in [-0.3, -0.25) is 4.79 Å². The predicted molar refractivity (Wildman–Crippen MR) is 104 cm³/mol. The first kappa shape index (κ1) is 19.4. The molecule has 0 atom stereocenters. The summed E-state index contributed by atoms with van der Waals surface area (Å²) in [5, 5.41) is 2.83. The molecule has 3 aromatic rings. The van der Waals surface area contributed by atoms with Gasteiger partial charge in [0.1, 0.15) is 18.1 Å². The van der Waals surface area contributed by atoms with Crippen LogP contribution in [0.4, 0.5) is 5.69 Å². The third-order valence-corrected chi connectivity index (χ3v) is 4.30. The molecule has 1 aromatic carbocycles. The highest BCUT2D eigenvalue weighted by molar-refractivity contribution is 6.06. The van der Waals surface area contributed by atoms with Crippen LogP contribution in [0.1, 0.15) is 32.1 Å². The summed E-state index contributed by atoms with van der Waals surface area (Å²) in [6.45, 7) is 3.92. The first-order valence-electron chi connectivity index (χ1n) is 8.77. The van der Waals surface area contributed by atoms with E-state index >= 15 is 0 Å². The van der Waals surface area contributed by atoms with E-state index in [2.05, 4.69) is 20.3 Å². The average Bonchev–Trinajstić information content (AvgIpc) is 3.31. The van der Waals surface area contributed by atoms with Crippen molar-refractivity contribution in [1.82, 2.24) is 15.0 Å². The SMILES string of the molecule is COCCOC(=O)c1c(C)[nH]c(C(=O)Nc2ccc(-c3ncc[nH]3)cc2)c1C. The monoisotopic (exact) mass is 382 g/mol. The van der Waals surface area contributed by atoms with E-state index in [0.29, 0.717) is 34.8 Å². The van der Waals surface area contributed by atoms with Crippen molar-refractivity contribution in [1.29, 1.82) is 0 Å². The van der Waals surface area contributed by atoms with Crippen LogP contribution >= 0.6 is 0 Å². The fourth-order valence-corrected chi connectivity index (χ4v) is 2.90.